The predicted octanol–water partition coefficient (Wildman–Crippen LogP) is 1.62. The van der Waals surface area contributed by atoms with Crippen LogP contribution in [0, 0.1) is 5.82 Å². The van der Waals surface area contributed by atoms with Crippen LogP contribution in [0.25, 0.3) is 0 Å². The molecule has 11 heavy (non-hydrogen) atoms. The molecule has 0 atom stereocenters. The van der Waals surface area contributed by atoms with Crippen LogP contribution in [-0.2, 0) is 6.16 Å². The molecule has 2 nitrogen and oxygen atoms in total. The molecule has 0 bridgehead atoms. The molecule has 1 rings (SSSR count). The summed E-state index contributed by atoms with van der Waals surface area (Å²) in [7, 11) is -1.91. The second kappa shape index (κ2) is 3.77. The summed E-state index contributed by atoms with van der Waals surface area (Å²) >= 11 is 0. The molecule has 0 spiro atoms. The molecule has 0 radical (unpaired) electrons. The van der Waals surface area contributed by atoms with Crippen LogP contribution < -0.4 is 0 Å². The molecule has 0 aliphatic heterocycles. The van der Waals surface area contributed by atoms with E-state index in [-0.39, 0.29) is 12.0 Å². The minimum Gasteiger partial charge on any atom is -0.350 e. The Hall–Kier alpha value is -0.500. The Morgan fingerprint density at radius 3 is 2.18 bits per heavy atom. The molecule has 60 valence electrons. The van der Waals surface area contributed by atoms with Crippen molar-refractivity contribution in [2.45, 2.75) is 6.16 Å². The quantitative estimate of drug-likeness (QED) is 0.669. The van der Waals surface area contributed by atoms with Gasteiger partial charge in [-0.05, 0) is 17.7 Å². The maximum absolute atomic E-state index is 12.3. The Bertz CT molecular complexity index is 222. The molecule has 1 aromatic carbocycles. The lowest BCUT2D eigenvalue weighted by atomic mass is 10.2. The van der Waals surface area contributed by atoms with Crippen molar-refractivity contribution in [1.82, 2.24) is 0 Å². The zero-order valence-electron chi connectivity index (χ0n) is 5.74. The fourth-order valence-electron chi connectivity index (χ4n) is 0.753. The minimum atomic E-state index is -1.91. The Kier molecular flexibility index (Phi) is 2.94. The van der Waals surface area contributed by atoms with Crippen LogP contribution in [0.4, 0.5) is 4.39 Å². The van der Waals surface area contributed by atoms with Crippen molar-refractivity contribution in [3.05, 3.63) is 35.6 Å². The zero-order valence-corrected chi connectivity index (χ0v) is 6.63. The Balaban J connectivity index is 2.66. The summed E-state index contributed by atoms with van der Waals surface area (Å²) in [5.74, 6) is -0.311. The van der Waals surface area contributed by atoms with Crippen LogP contribution in [0.3, 0.4) is 0 Å². The van der Waals surface area contributed by atoms with Crippen LogP contribution in [0.1, 0.15) is 5.56 Å². The summed E-state index contributed by atoms with van der Waals surface area (Å²) in [5, 5.41) is 0. The maximum atomic E-state index is 12.3. The fourth-order valence-corrected chi connectivity index (χ4v) is 1.29. The summed E-state index contributed by atoms with van der Waals surface area (Å²) in [6.45, 7) is 0. The van der Waals surface area contributed by atoms with Gasteiger partial charge in [0.1, 0.15) is 5.82 Å². The van der Waals surface area contributed by atoms with Gasteiger partial charge < -0.3 is 9.79 Å². The van der Waals surface area contributed by atoms with Gasteiger partial charge in [-0.3, -0.25) is 0 Å². The average Bonchev–Trinajstić information content (AvgIpc) is 1.93. The molecule has 1 aromatic rings. The van der Waals surface area contributed by atoms with Crippen molar-refractivity contribution in [1.29, 1.82) is 0 Å². The summed E-state index contributed by atoms with van der Waals surface area (Å²) < 4.78 is 12.3. The van der Waals surface area contributed by atoms with E-state index in [1.165, 1.54) is 24.3 Å². The molecule has 0 saturated carbocycles. The smallest absolute Gasteiger partial charge is 0.169 e. The van der Waals surface area contributed by atoms with Gasteiger partial charge >= 0.3 is 0 Å². The van der Waals surface area contributed by atoms with E-state index in [4.69, 9.17) is 9.79 Å². The van der Waals surface area contributed by atoms with Crippen LogP contribution in [0.2, 0.25) is 0 Å². The maximum Gasteiger partial charge on any atom is 0.169 e. The standard InChI is InChI=1S/C7H8FO2P/c8-7-3-1-6(2-4-7)5-11(9)10/h1-4,9-10H,5H2. The van der Waals surface area contributed by atoms with E-state index in [0.29, 0.717) is 0 Å². The van der Waals surface area contributed by atoms with Crippen LogP contribution in [-0.4, -0.2) is 9.79 Å². The topological polar surface area (TPSA) is 40.5 Å². The molecule has 0 unspecified atom stereocenters. The third-order valence-electron chi connectivity index (χ3n) is 1.24. The monoisotopic (exact) mass is 174 g/mol. The first-order chi connectivity index (χ1) is 5.18. The number of benzene rings is 1. The zero-order chi connectivity index (χ0) is 8.27. The molecule has 0 aliphatic carbocycles. The van der Waals surface area contributed by atoms with E-state index < -0.39 is 8.38 Å². The van der Waals surface area contributed by atoms with E-state index in [1.807, 2.05) is 0 Å². The highest BCUT2D eigenvalue weighted by atomic mass is 31.2. The summed E-state index contributed by atoms with van der Waals surface area (Å²) in [6.07, 6.45) is 0.204. The van der Waals surface area contributed by atoms with Gasteiger partial charge in [-0.25, -0.2) is 4.39 Å². The van der Waals surface area contributed by atoms with Gasteiger partial charge in [-0.1, -0.05) is 12.1 Å². The number of hydrogen-bond acceptors (Lipinski definition) is 2. The second-order valence-corrected chi connectivity index (χ2v) is 3.22. The van der Waals surface area contributed by atoms with Gasteiger partial charge in [0.15, 0.2) is 8.38 Å². The molecule has 0 aromatic heterocycles. The Morgan fingerprint density at radius 2 is 1.73 bits per heavy atom. The molecule has 0 aliphatic rings. The average molecular weight is 174 g/mol. The molecule has 0 amide bonds. The first-order valence-electron chi connectivity index (χ1n) is 3.08. The molecular formula is C7H8FO2P. The van der Waals surface area contributed by atoms with Crippen LogP contribution in [0.5, 0.6) is 0 Å². The van der Waals surface area contributed by atoms with Crippen molar-refractivity contribution in [3.63, 3.8) is 0 Å². The van der Waals surface area contributed by atoms with E-state index in [1.54, 1.807) is 0 Å². The van der Waals surface area contributed by atoms with Crippen molar-refractivity contribution >= 4 is 8.38 Å². The normalized spacial score (nSPS) is 10.5. The largest absolute Gasteiger partial charge is 0.350 e. The van der Waals surface area contributed by atoms with E-state index >= 15 is 0 Å². The second-order valence-electron chi connectivity index (χ2n) is 2.16. The third-order valence-corrected chi connectivity index (χ3v) is 1.89. The van der Waals surface area contributed by atoms with Gasteiger partial charge in [-0.15, -0.1) is 0 Å². The highest BCUT2D eigenvalue weighted by molar-refractivity contribution is 7.44. The first kappa shape index (κ1) is 8.60. The van der Waals surface area contributed by atoms with Crippen LogP contribution >= 0.6 is 8.38 Å². The molecule has 0 saturated heterocycles. The van der Waals surface area contributed by atoms with Gasteiger partial charge in [0.25, 0.3) is 0 Å². The van der Waals surface area contributed by atoms with Crippen LogP contribution in [0.15, 0.2) is 24.3 Å². The highest BCUT2D eigenvalue weighted by Crippen LogP contribution is 2.28. The van der Waals surface area contributed by atoms with E-state index in [0.717, 1.165) is 5.56 Å². The predicted molar refractivity (Wildman–Crippen MR) is 41.5 cm³/mol. The lowest BCUT2D eigenvalue weighted by Crippen LogP contribution is -1.82. The molecule has 4 heteroatoms. The molecular weight excluding hydrogens is 166 g/mol. The van der Waals surface area contributed by atoms with E-state index in [9.17, 15) is 4.39 Å². The molecule has 0 heterocycles. The number of rotatable bonds is 2. The summed E-state index contributed by atoms with van der Waals surface area (Å²) in [4.78, 5) is 17.2. The highest BCUT2D eigenvalue weighted by Gasteiger charge is 2.00. The molecule has 0 fully saturated rings. The van der Waals surface area contributed by atoms with Gasteiger partial charge in [0.2, 0.25) is 0 Å². The lowest BCUT2D eigenvalue weighted by Gasteiger charge is -2.00. The SMILES string of the molecule is OP(O)Cc1ccc(F)cc1. The van der Waals surface area contributed by atoms with Gasteiger partial charge in [-0.2, -0.15) is 0 Å². The lowest BCUT2D eigenvalue weighted by molar-refractivity contribution is 0.481. The van der Waals surface area contributed by atoms with Crippen molar-refractivity contribution in [2.75, 3.05) is 0 Å². The Labute approximate surface area is 65.2 Å². The van der Waals surface area contributed by atoms with Crippen molar-refractivity contribution < 1.29 is 14.2 Å². The fraction of sp³-hybridized carbons (Fsp3) is 0.143. The van der Waals surface area contributed by atoms with Gasteiger partial charge in [0, 0.05) is 6.16 Å². The van der Waals surface area contributed by atoms with Crippen molar-refractivity contribution in [2.24, 2.45) is 0 Å². The van der Waals surface area contributed by atoms with Crippen molar-refractivity contribution in [3.8, 4) is 0 Å². The van der Waals surface area contributed by atoms with Gasteiger partial charge in [0.05, 0.1) is 0 Å². The molecule has 2 N–H and O–H groups in total. The minimum absolute atomic E-state index is 0.204. The number of hydrogen-bond donors (Lipinski definition) is 2. The summed E-state index contributed by atoms with van der Waals surface area (Å²) in [6, 6.07) is 5.68. The first-order valence-corrected chi connectivity index (χ1v) is 4.51. The number of halogens is 1. The summed E-state index contributed by atoms with van der Waals surface area (Å²) in [5.41, 5.74) is 0.738. The Morgan fingerprint density at radius 1 is 1.18 bits per heavy atom. The third kappa shape index (κ3) is 2.93. The van der Waals surface area contributed by atoms with E-state index in [2.05, 4.69) is 0 Å².